The number of carbonyl (C=O) groups is 1. The fourth-order valence-corrected chi connectivity index (χ4v) is 2.63. The molecule has 0 aliphatic heterocycles. The Labute approximate surface area is 107 Å². The molecule has 0 aliphatic rings. The molecule has 0 aliphatic carbocycles. The number of nitrogens with zero attached hydrogens (tertiary/aromatic N) is 2. The summed E-state index contributed by atoms with van der Waals surface area (Å²) in [4.78, 5) is 15.3. The number of carboxylic acids is 1. The molecule has 5 heteroatoms. The SMILES string of the molecule is O=C(O)c1cccc2c1ncn2Cc1ccsc1. The molecule has 1 N–H and O–H groups in total. The zero-order valence-electron chi connectivity index (χ0n) is 9.41. The van der Waals surface area contributed by atoms with Crippen LogP contribution in [0.25, 0.3) is 11.0 Å². The third-order valence-electron chi connectivity index (χ3n) is 2.81. The van der Waals surface area contributed by atoms with Crippen molar-refractivity contribution in [3.8, 4) is 0 Å². The average molecular weight is 258 g/mol. The lowest BCUT2D eigenvalue weighted by atomic mass is 10.2. The third kappa shape index (κ3) is 1.78. The second-order valence-electron chi connectivity index (χ2n) is 3.98. The monoisotopic (exact) mass is 258 g/mol. The van der Waals surface area contributed by atoms with Gasteiger partial charge in [-0.2, -0.15) is 11.3 Å². The van der Waals surface area contributed by atoms with Gasteiger partial charge < -0.3 is 9.67 Å². The van der Waals surface area contributed by atoms with E-state index < -0.39 is 5.97 Å². The molecular weight excluding hydrogens is 248 g/mol. The fourth-order valence-electron chi connectivity index (χ4n) is 1.97. The van der Waals surface area contributed by atoms with Crippen LogP contribution in [0.3, 0.4) is 0 Å². The van der Waals surface area contributed by atoms with Crippen LogP contribution in [0.4, 0.5) is 0 Å². The highest BCUT2D eigenvalue weighted by molar-refractivity contribution is 7.07. The molecule has 0 saturated heterocycles. The van der Waals surface area contributed by atoms with Crippen molar-refractivity contribution < 1.29 is 9.90 Å². The zero-order chi connectivity index (χ0) is 12.5. The number of fused-ring (bicyclic) bond motifs is 1. The minimum Gasteiger partial charge on any atom is -0.478 e. The summed E-state index contributed by atoms with van der Waals surface area (Å²) in [6.45, 7) is 0.711. The number of imidazole rings is 1. The van der Waals surface area contributed by atoms with Gasteiger partial charge >= 0.3 is 5.97 Å². The van der Waals surface area contributed by atoms with Gasteiger partial charge in [0.25, 0.3) is 0 Å². The maximum atomic E-state index is 11.1. The smallest absolute Gasteiger partial charge is 0.337 e. The van der Waals surface area contributed by atoms with Crippen LogP contribution in [-0.2, 0) is 6.54 Å². The second-order valence-corrected chi connectivity index (χ2v) is 4.76. The molecular formula is C13H10N2O2S. The zero-order valence-corrected chi connectivity index (χ0v) is 10.2. The number of aromatic nitrogens is 2. The minimum atomic E-state index is -0.943. The van der Waals surface area contributed by atoms with Crippen LogP contribution in [-0.4, -0.2) is 20.6 Å². The number of para-hydroxylation sites is 1. The summed E-state index contributed by atoms with van der Waals surface area (Å²) < 4.78 is 1.96. The Morgan fingerprint density at radius 2 is 2.28 bits per heavy atom. The standard InChI is InChI=1S/C13H10N2O2S/c16-13(17)10-2-1-3-11-12(10)14-8-15(11)6-9-4-5-18-7-9/h1-5,7-8H,6H2,(H,16,17). The van der Waals surface area contributed by atoms with Gasteiger partial charge in [0.15, 0.2) is 0 Å². The van der Waals surface area contributed by atoms with Gasteiger partial charge in [-0.25, -0.2) is 9.78 Å². The summed E-state index contributed by atoms with van der Waals surface area (Å²) in [5.74, 6) is -0.943. The third-order valence-corrected chi connectivity index (χ3v) is 3.55. The lowest BCUT2D eigenvalue weighted by molar-refractivity contribution is 0.0699. The van der Waals surface area contributed by atoms with Crippen molar-refractivity contribution in [3.05, 3.63) is 52.5 Å². The molecule has 0 fully saturated rings. The highest BCUT2D eigenvalue weighted by atomic mass is 32.1. The number of hydrogen-bond donors (Lipinski definition) is 1. The predicted molar refractivity (Wildman–Crippen MR) is 70.1 cm³/mol. The van der Waals surface area contributed by atoms with Crippen LogP contribution in [0.1, 0.15) is 15.9 Å². The number of benzene rings is 1. The van der Waals surface area contributed by atoms with Gasteiger partial charge in [-0.1, -0.05) is 6.07 Å². The summed E-state index contributed by atoms with van der Waals surface area (Å²) in [6.07, 6.45) is 1.69. The van der Waals surface area contributed by atoms with Gasteiger partial charge in [-0.3, -0.25) is 0 Å². The second kappa shape index (κ2) is 4.27. The van der Waals surface area contributed by atoms with E-state index in [0.717, 1.165) is 5.52 Å². The van der Waals surface area contributed by atoms with E-state index in [1.807, 2.05) is 16.0 Å². The molecule has 2 aromatic heterocycles. The summed E-state index contributed by atoms with van der Waals surface area (Å²) >= 11 is 1.65. The molecule has 2 heterocycles. The van der Waals surface area contributed by atoms with Crippen molar-refractivity contribution >= 4 is 28.3 Å². The quantitative estimate of drug-likeness (QED) is 0.786. The fraction of sp³-hybridized carbons (Fsp3) is 0.0769. The van der Waals surface area contributed by atoms with Gasteiger partial charge in [0, 0.05) is 6.54 Å². The highest BCUT2D eigenvalue weighted by Crippen LogP contribution is 2.19. The number of thiophene rings is 1. The van der Waals surface area contributed by atoms with Crippen LogP contribution >= 0.6 is 11.3 Å². The predicted octanol–water partition coefficient (Wildman–Crippen LogP) is 2.84. The van der Waals surface area contributed by atoms with Gasteiger partial charge in [0.1, 0.15) is 5.52 Å². The Bertz CT molecular complexity index is 701. The first kappa shape index (κ1) is 11.0. The van der Waals surface area contributed by atoms with E-state index in [4.69, 9.17) is 5.11 Å². The molecule has 1 aromatic carbocycles. The Morgan fingerprint density at radius 3 is 3.00 bits per heavy atom. The number of carboxylic acid groups (broad SMARTS) is 1. The molecule has 0 amide bonds. The van der Waals surface area contributed by atoms with Crippen LogP contribution < -0.4 is 0 Å². The van der Waals surface area contributed by atoms with Crippen molar-refractivity contribution in [2.75, 3.05) is 0 Å². The maximum absolute atomic E-state index is 11.1. The molecule has 3 rings (SSSR count). The first-order chi connectivity index (χ1) is 8.75. The van der Waals surface area contributed by atoms with E-state index in [-0.39, 0.29) is 5.56 Å². The van der Waals surface area contributed by atoms with E-state index in [0.29, 0.717) is 12.1 Å². The molecule has 18 heavy (non-hydrogen) atoms. The van der Waals surface area contributed by atoms with Crippen LogP contribution in [0.2, 0.25) is 0 Å². The lowest BCUT2D eigenvalue weighted by Gasteiger charge is -2.02. The van der Waals surface area contributed by atoms with E-state index >= 15 is 0 Å². The van der Waals surface area contributed by atoms with Gasteiger partial charge in [-0.15, -0.1) is 0 Å². The molecule has 0 bridgehead atoms. The Balaban J connectivity index is 2.09. The topological polar surface area (TPSA) is 55.1 Å². The van der Waals surface area contributed by atoms with E-state index in [9.17, 15) is 4.79 Å². The van der Waals surface area contributed by atoms with E-state index in [2.05, 4.69) is 16.4 Å². The Hall–Kier alpha value is -2.14. The summed E-state index contributed by atoms with van der Waals surface area (Å²) in [7, 11) is 0. The van der Waals surface area contributed by atoms with Gasteiger partial charge in [0.2, 0.25) is 0 Å². The van der Waals surface area contributed by atoms with Crippen LogP contribution in [0.15, 0.2) is 41.4 Å². The van der Waals surface area contributed by atoms with E-state index in [1.165, 1.54) is 5.56 Å². The average Bonchev–Trinajstić information content (AvgIpc) is 2.99. The normalized spacial score (nSPS) is 10.9. The molecule has 4 nitrogen and oxygen atoms in total. The van der Waals surface area contributed by atoms with Gasteiger partial charge in [0.05, 0.1) is 17.4 Å². The molecule has 90 valence electrons. The van der Waals surface area contributed by atoms with Crippen molar-refractivity contribution in [2.24, 2.45) is 0 Å². The van der Waals surface area contributed by atoms with Crippen LogP contribution in [0.5, 0.6) is 0 Å². The summed E-state index contributed by atoms with van der Waals surface area (Å²) in [5, 5.41) is 13.2. The molecule has 3 aromatic rings. The highest BCUT2D eigenvalue weighted by Gasteiger charge is 2.12. The molecule has 0 spiro atoms. The van der Waals surface area contributed by atoms with Crippen molar-refractivity contribution in [1.82, 2.24) is 9.55 Å². The largest absolute Gasteiger partial charge is 0.478 e. The Kier molecular flexibility index (Phi) is 2.60. The minimum absolute atomic E-state index is 0.247. The number of aromatic carboxylic acids is 1. The van der Waals surface area contributed by atoms with Gasteiger partial charge in [-0.05, 0) is 34.5 Å². The molecule has 0 atom stereocenters. The number of rotatable bonds is 3. The van der Waals surface area contributed by atoms with Crippen LogP contribution in [0, 0.1) is 0 Å². The summed E-state index contributed by atoms with van der Waals surface area (Å²) in [5.41, 5.74) is 2.83. The maximum Gasteiger partial charge on any atom is 0.337 e. The van der Waals surface area contributed by atoms with Crippen molar-refractivity contribution in [2.45, 2.75) is 6.54 Å². The first-order valence-corrected chi connectivity index (χ1v) is 6.38. The number of hydrogen-bond acceptors (Lipinski definition) is 3. The van der Waals surface area contributed by atoms with Crippen molar-refractivity contribution in [3.63, 3.8) is 0 Å². The molecule has 0 radical (unpaired) electrons. The molecule has 0 saturated carbocycles. The molecule has 0 unspecified atom stereocenters. The summed E-state index contributed by atoms with van der Waals surface area (Å²) in [6, 6.07) is 7.27. The van der Waals surface area contributed by atoms with Crippen molar-refractivity contribution in [1.29, 1.82) is 0 Å². The Morgan fingerprint density at radius 1 is 1.39 bits per heavy atom. The van der Waals surface area contributed by atoms with E-state index in [1.54, 1.807) is 29.8 Å². The first-order valence-electron chi connectivity index (χ1n) is 5.44. The lowest BCUT2D eigenvalue weighted by Crippen LogP contribution is -1.99.